The van der Waals surface area contributed by atoms with E-state index in [0.717, 1.165) is 25.3 Å². The molecule has 1 atom stereocenters. The van der Waals surface area contributed by atoms with Crippen molar-refractivity contribution in [1.29, 1.82) is 0 Å². The van der Waals surface area contributed by atoms with Gasteiger partial charge >= 0.3 is 0 Å². The largest absolute Gasteiger partial charge is 0.494 e. The number of halogens is 1. The maximum absolute atomic E-state index is 10.1. The summed E-state index contributed by atoms with van der Waals surface area (Å²) in [7, 11) is 0. The zero-order chi connectivity index (χ0) is 19.6. The van der Waals surface area contributed by atoms with Crippen LogP contribution < -0.4 is 15.4 Å². The first-order valence-electron chi connectivity index (χ1n) is 9.61. The van der Waals surface area contributed by atoms with E-state index in [1.807, 2.05) is 25.1 Å². The van der Waals surface area contributed by atoms with Crippen LogP contribution in [0, 0.1) is 0 Å². The number of aliphatic imine (C=N–C) groups is 1. The SMILES string of the molecule is CCNC(=NCC(O)c1ccco1)NCCCOc1ccc2ccccc2c1.I. The number of guanidine groups is 1. The van der Waals surface area contributed by atoms with Crippen LogP contribution in [0.2, 0.25) is 0 Å². The van der Waals surface area contributed by atoms with Gasteiger partial charge in [-0.25, -0.2) is 0 Å². The molecule has 2 aromatic carbocycles. The quantitative estimate of drug-likeness (QED) is 0.175. The van der Waals surface area contributed by atoms with Gasteiger partial charge in [0.1, 0.15) is 17.6 Å². The van der Waals surface area contributed by atoms with E-state index in [-0.39, 0.29) is 30.5 Å². The highest BCUT2D eigenvalue weighted by atomic mass is 127. The lowest BCUT2D eigenvalue weighted by atomic mass is 10.1. The van der Waals surface area contributed by atoms with Crippen LogP contribution in [0.1, 0.15) is 25.2 Å². The number of benzene rings is 2. The smallest absolute Gasteiger partial charge is 0.191 e. The molecule has 29 heavy (non-hydrogen) atoms. The Morgan fingerprint density at radius 1 is 1.10 bits per heavy atom. The first-order valence-corrected chi connectivity index (χ1v) is 9.61. The summed E-state index contributed by atoms with van der Waals surface area (Å²) in [6.45, 7) is 4.31. The van der Waals surface area contributed by atoms with Gasteiger partial charge in [0.15, 0.2) is 5.96 Å². The zero-order valence-electron chi connectivity index (χ0n) is 16.5. The topological polar surface area (TPSA) is 79.0 Å². The summed E-state index contributed by atoms with van der Waals surface area (Å²) in [5, 5.41) is 18.9. The normalized spacial score (nSPS) is 12.3. The number of nitrogens with zero attached hydrogens (tertiary/aromatic N) is 1. The lowest BCUT2D eigenvalue weighted by Gasteiger charge is -2.13. The molecule has 1 aromatic heterocycles. The van der Waals surface area contributed by atoms with Gasteiger partial charge < -0.3 is 24.9 Å². The number of ether oxygens (including phenoxy) is 1. The molecule has 0 amide bonds. The fourth-order valence-corrected chi connectivity index (χ4v) is 2.82. The highest BCUT2D eigenvalue weighted by molar-refractivity contribution is 14.0. The van der Waals surface area contributed by atoms with Crippen LogP contribution in [0.15, 0.2) is 70.3 Å². The van der Waals surface area contributed by atoms with Gasteiger partial charge in [0, 0.05) is 13.1 Å². The molecule has 1 unspecified atom stereocenters. The van der Waals surface area contributed by atoms with Crippen molar-refractivity contribution in [2.24, 2.45) is 4.99 Å². The molecule has 3 rings (SSSR count). The summed E-state index contributed by atoms with van der Waals surface area (Å²) in [6, 6.07) is 17.9. The molecule has 1 heterocycles. The van der Waals surface area contributed by atoms with Gasteiger partial charge in [0.25, 0.3) is 0 Å². The van der Waals surface area contributed by atoms with Crippen LogP contribution in [0.4, 0.5) is 0 Å². The second-order valence-corrected chi connectivity index (χ2v) is 6.39. The van der Waals surface area contributed by atoms with E-state index in [1.54, 1.807) is 18.4 Å². The summed E-state index contributed by atoms with van der Waals surface area (Å²) in [6.07, 6.45) is 1.63. The molecule has 6 nitrogen and oxygen atoms in total. The standard InChI is InChI=1S/C22H27N3O3.HI/c1-2-23-22(25-16-20(26)21-9-5-13-28-21)24-12-6-14-27-19-11-10-17-7-3-4-8-18(17)15-19;/h3-5,7-11,13,15,20,26H,2,6,12,14,16H2,1H3,(H2,23,24,25);1H. The highest BCUT2D eigenvalue weighted by Crippen LogP contribution is 2.20. The molecule has 0 radical (unpaired) electrons. The summed E-state index contributed by atoms with van der Waals surface area (Å²) in [4.78, 5) is 4.40. The Balaban J connectivity index is 0.00000300. The Kier molecular flexibility index (Phi) is 9.79. The number of furan rings is 1. The van der Waals surface area contributed by atoms with E-state index in [2.05, 4.69) is 39.9 Å². The molecule has 0 aliphatic carbocycles. The molecule has 3 aromatic rings. The monoisotopic (exact) mass is 509 g/mol. The summed E-state index contributed by atoms with van der Waals surface area (Å²) >= 11 is 0. The van der Waals surface area contributed by atoms with Gasteiger partial charge in [-0.05, 0) is 48.4 Å². The van der Waals surface area contributed by atoms with Crippen LogP contribution in [0.5, 0.6) is 5.75 Å². The number of rotatable bonds is 9. The van der Waals surface area contributed by atoms with Crippen molar-refractivity contribution in [3.05, 3.63) is 66.6 Å². The van der Waals surface area contributed by atoms with Crippen molar-refractivity contribution in [2.75, 3.05) is 26.2 Å². The minimum absolute atomic E-state index is 0. The van der Waals surface area contributed by atoms with Crippen LogP contribution >= 0.6 is 24.0 Å². The molecule has 156 valence electrons. The first-order chi connectivity index (χ1) is 13.8. The van der Waals surface area contributed by atoms with Gasteiger partial charge in [-0.2, -0.15) is 0 Å². The fraction of sp³-hybridized carbons (Fsp3) is 0.318. The van der Waals surface area contributed by atoms with E-state index in [4.69, 9.17) is 9.15 Å². The molecular weight excluding hydrogens is 481 g/mol. The lowest BCUT2D eigenvalue weighted by molar-refractivity contribution is 0.158. The molecule has 0 spiro atoms. The Morgan fingerprint density at radius 2 is 1.93 bits per heavy atom. The maximum atomic E-state index is 10.1. The minimum Gasteiger partial charge on any atom is -0.494 e. The molecule has 0 saturated carbocycles. The Bertz CT molecular complexity index is 884. The lowest BCUT2D eigenvalue weighted by Crippen LogP contribution is -2.38. The van der Waals surface area contributed by atoms with Crippen LogP contribution in [0.25, 0.3) is 10.8 Å². The predicted molar refractivity (Wildman–Crippen MR) is 127 cm³/mol. The van der Waals surface area contributed by atoms with Gasteiger partial charge in [0.2, 0.25) is 0 Å². The summed E-state index contributed by atoms with van der Waals surface area (Å²) < 4.78 is 11.0. The molecule has 0 bridgehead atoms. The number of nitrogens with one attached hydrogen (secondary N) is 2. The third-order valence-electron chi connectivity index (χ3n) is 4.24. The Morgan fingerprint density at radius 3 is 2.69 bits per heavy atom. The van der Waals surface area contributed by atoms with E-state index in [0.29, 0.717) is 18.3 Å². The van der Waals surface area contributed by atoms with Crippen molar-refractivity contribution < 1.29 is 14.3 Å². The second kappa shape index (κ2) is 12.3. The number of aliphatic hydroxyl groups excluding tert-OH is 1. The highest BCUT2D eigenvalue weighted by Gasteiger charge is 2.09. The Hall–Kier alpha value is -2.26. The average Bonchev–Trinajstić information content (AvgIpc) is 3.26. The van der Waals surface area contributed by atoms with Crippen molar-refractivity contribution >= 4 is 40.7 Å². The van der Waals surface area contributed by atoms with Gasteiger partial charge in [0.05, 0.1) is 19.4 Å². The van der Waals surface area contributed by atoms with Gasteiger partial charge in [-0.3, -0.25) is 4.99 Å². The zero-order valence-corrected chi connectivity index (χ0v) is 18.8. The third kappa shape index (κ3) is 7.25. The molecule has 0 aliphatic rings. The third-order valence-corrected chi connectivity index (χ3v) is 4.24. The summed E-state index contributed by atoms with van der Waals surface area (Å²) in [5.74, 6) is 2.06. The Labute approximate surface area is 188 Å². The van der Waals surface area contributed by atoms with E-state index < -0.39 is 6.10 Å². The number of hydrogen-bond acceptors (Lipinski definition) is 4. The van der Waals surface area contributed by atoms with Crippen molar-refractivity contribution in [3.63, 3.8) is 0 Å². The molecular formula is C22H28IN3O3. The fourth-order valence-electron chi connectivity index (χ4n) is 2.82. The van der Waals surface area contributed by atoms with Gasteiger partial charge in [-0.15, -0.1) is 24.0 Å². The average molecular weight is 509 g/mol. The molecule has 0 aliphatic heterocycles. The number of hydrogen-bond donors (Lipinski definition) is 3. The van der Waals surface area contributed by atoms with E-state index >= 15 is 0 Å². The van der Waals surface area contributed by atoms with Crippen molar-refractivity contribution in [3.8, 4) is 5.75 Å². The van der Waals surface area contributed by atoms with Crippen LogP contribution in [-0.4, -0.2) is 37.3 Å². The molecule has 0 fully saturated rings. The molecule has 0 saturated heterocycles. The second-order valence-electron chi connectivity index (χ2n) is 6.39. The van der Waals surface area contributed by atoms with Crippen LogP contribution in [0.3, 0.4) is 0 Å². The number of aliphatic hydroxyl groups is 1. The summed E-state index contributed by atoms with van der Waals surface area (Å²) in [5.41, 5.74) is 0. The van der Waals surface area contributed by atoms with E-state index in [9.17, 15) is 5.11 Å². The number of fused-ring (bicyclic) bond motifs is 1. The van der Waals surface area contributed by atoms with Gasteiger partial charge in [-0.1, -0.05) is 30.3 Å². The minimum atomic E-state index is -0.748. The predicted octanol–water partition coefficient (Wildman–Crippen LogP) is 4.11. The van der Waals surface area contributed by atoms with Crippen molar-refractivity contribution in [1.82, 2.24) is 10.6 Å². The first kappa shape index (κ1) is 23.0. The van der Waals surface area contributed by atoms with E-state index in [1.165, 1.54) is 10.8 Å². The molecule has 7 heteroatoms. The molecule has 3 N–H and O–H groups in total. The maximum Gasteiger partial charge on any atom is 0.191 e. The van der Waals surface area contributed by atoms with Crippen molar-refractivity contribution in [2.45, 2.75) is 19.4 Å². The van der Waals surface area contributed by atoms with Crippen LogP contribution in [-0.2, 0) is 0 Å².